The van der Waals surface area contributed by atoms with Gasteiger partial charge >= 0.3 is 6.01 Å². The van der Waals surface area contributed by atoms with E-state index >= 15 is 0 Å². The first-order valence-corrected chi connectivity index (χ1v) is 3.92. The molecular formula is C7H11N3O2. The Bertz CT molecular complexity index is 274. The van der Waals surface area contributed by atoms with E-state index in [2.05, 4.69) is 14.7 Å². The van der Waals surface area contributed by atoms with E-state index in [1.54, 1.807) is 7.11 Å². The molecule has 66 valence electrons. The summed E-state index contributed by atoms with van der Waals surface area (Å²) >= 11 is 0. The average Bonchev–Trinajstić information content (AvgIpc) is 2.35. The average molecular weight is 169 g/mol. The molecule has 1 heterocycles. The van der Waals surface area contributed by atoms with Crippen LogP contribution < -0.4 is 5.73 Å². The third-order valence-corrected chi connectivity index (χ3v) is 2.40. The molecule has 0 aromatic carbocycles. The van der Waals surface area contributed by atoms with Gasteiger partial charge in [-0.15, -0.1) is 0 Å². The van der Waals surface area contributed by atoms with Crippen LogP contribution in [0.1, 0.15) is 25.1 Å². The lowest BCUT2D eigenvalue weighted by atomic mass is 9.79. The Hall–Kier alpha value is -1.10. The lowest BCUT2D eigenvalue weighted by Gasteiger charge is -2.37. The molecule has 5 nitrogen and oxygen atoms in total. The van der Waals surface area contributed by atoms with E-state index in [9.17, 15) is 0 Å². The van der Waals surface area contributed by atoms with Gasteiger partial charge in [0.15, 0.2) is 0 Å². The Morgan fingerprint density at radius 2 is 2.33 bits per heavy atom. The van der Waals surface area contributed by atoms with E-state index in [1.165, 1.54) is 0 Å². The van der Waals surface area contributed by atoms with Crippen LogP contribution in [0.5, 0.6) is 0 Å². The van der Waals surface area contributed by atoms with Crippen molar-refractivity contribution in [2.75, 3.05) is 12.8 Å². The highest BCUT2D eigenvalue weighted by Crippen LogP contribution is 2.42. The summed E-state index contributed by atoms with van der Waals surface area (Å²) in [6.07, 6.45) is 3.03. The molecule has 1 aliphatic rings. The summed E-state index contributed by atoms with van der Waals surface area (Å²) in [7, 11) is 1.66. The van der Waals surface area contributed by atoms with E-state index in [1.807, 2.05) is 0 Å². The predicted octanol–water partition coefficient (Wildman–Crippen LogP) is 0.677. The molecule has 1 saturated carbocycles. The minimum absolute atomic E-state index is 0.105. The molecule has 12 heavy (non-hydrogen) atoms. The Kier molecular flexibility index (Phi) is 1.54. The minimum atomic E-state index is -0.318. The van der Waals surface area contributed by atoms with Crippen LogP contribution in [0.2, 0.25) is 0 Å². The fraction of sp³-hybridized carbons (Fsp3) is 0.714. The molecule has 2 N–H and O–H groups in total. The van der Waals surface area contributed by atoms with Crippen LogP contribution in [0, 0.1) is 0 Å². The maximum atomic E-state index is 5.33. The first kappa shape index (κ1) is 7.54. The van der Waals surface area contributed by atoms with Gasteiger partial charge in [-0.1, -0.05) is 5.16 Å². The quantitative estimate of drug-likeness (QED) is 0.704. The largest absolute Gasteiger partial charge is 0.370 e. The van der Waals surface area contributed by atoms with Crippen LogP contribution in [0.25, 0.3) is 0 Å². The minimum Gasteiger partial charge on any atom is -0.370 e. The molecule has 0 saturated heterocycles. The van der Waals surface area contributed by atoms with Gasteiger partial charge in [0.1, 0.15) is 5.60 Å². The highest BCUT2D eigenvalue weighted by atomic mass is 16.5. The number of rotatable bonds is 2. The first-order chi connectivity index (χ1) is 5.77. The number of anilines is 1. The number of ether oxygens (including phenoxy) is 1. The van der Waals surface area contributed by atoms with Crippen molar-refractivity contribution in [2.45, 2.75) is 24.9 Å². The second-order valence-electron chi connectivity index (χ2n) is 3.01. The van der Waals surface area contributed by atoms with Crippen molar-refractivity contribution in [1.82, 2.24) is 10.1 Å². The van der Waals surface area contributed by atoms with Crippen LogP contribution >= 0.6 is 0 Å². The summed E-state index contributed by atoms with van der Waals surface area (Å²) in [6.45, 7) is 0. The molecule has 1 aromatic rings. The number of hydrogen-bond acceptors (Lipinski definition) is 5. The Morgan fingerprint density at radius 3 is 2.67 bits per heavy atom. The molecule has 1 aliphatic carbocycles. The number of nitrogen functional groups attached to an aromatic ring is 1. The molecule has 5 heteroatoms. The first-order valence-electron chi connectivity index (χ1n) is 3.92. The molecule has 2 rings (SSSR count). The number of methoxy groups -OCH3 is 1. The molecule has 0 unspecified atom stereocenters. The van der Waals surface area contributed by atoms with Gasteiger partial charge in [0.25, 0.3) is 0 Å². The van der Waals surface area contributed by atoms with Gasteiger partial charge in [-0.25, -0.2) is 0 Å². The van der Waals surface area contributed by atoms with Crippen LogP contribution in [0.4, 0.5) is 6.01 Å². The molecule has 1 fully saturated rings. The Labute approximate surface area is 69.9 Å². The number of nitrogens with zero attached hydrogens (tertiary/aromatic N) is 2. The molecule has 0 amide bonds. The van der Waals surface area contributed by atoms with Crippen LogP contribution in [0.15, 0.2) is 4.52 Å². The van der Waals surface area contributed by atoms with E-state index in [4.69, 9.17) is 10.5 Å². The van der Waals surface area contributed by atoms with Gasteiger partial charge in [-0.3, -0.25) is 0 Å². The van der Waals surface area contributed by atoms with Gasteiger partial charge < -0.3 is 15.0 Å². The number of nitrogens with two attached hydrogens (primary N) is 1. The maximum Gasteiger partial charge on any atom is 0.318 e. The van der Waals surface area contributed by atoms with E-state index in [-0.39, 0.29) is 11.6 Å². The smallest absolute Gasteiger partial charge is 0.318 e. The second-order valence-corrected chi connectivity index (χ2v) is 3.01. The zero-order valence-corrected chi connectivity index (χ0v) is 6.91. The van der Waals surface area contributed by atoms with E-state index in [0.717, 1.165) is 19.3 Å². The zero-order valence-electron chi connectivity index (χ0n) is 6.91. The summed E-state index contributed by atoms with van der Waals surface area (Å²) in [6, 6.07) is 0.105. The standard InChI is InChI=1S/C7H11N3O2/c1-11-7(3-2-4-7)5-9-6(8)12-10-5/h2-4H2,1H3,(H2,8,9,10). The molecule has 0 spiro atoms. The fourth-order valence-corrected chi connectivity index (χ4v) is 1.44. The van der Waals surface area contributed by atoms with Crippen molar-refractivity contribution in [3.05, 3.63) is 5.82 Å². The Balaban J connectivity index is 2.27. The molecular weight excluding hydrogens is 158 g/mol. The van der Waals surface area contributed by atoms with Crippen molar-refractivity contribution < 1.29 is 9.26 Å². The van der Waals surface area contributed by atoms with Gasteiger partial charge in [0, 0.05) is 7.11 Å². The lowest BCUT2D eigenvalue weighted by Crippen LogP contribution is -2.37. The van der Waals surface area contributed by atoms with Gasteiger partial charge in [0.05, 0.1) is 0 Å². The predicted molar refractivity (Wildman–Crippen MR) is 41.2 cm³/mol. The highest BCUT2D eigenvalue weighted by Gasteiger charge is 2.43. The number of hydrogen-bond donors (Lipinski definition) is 1. The van der Waals surface area contributed by atoms with Gasteiger partial charge in [-0.2, -0.15) is 4.98 Å². The summed E-state index contributed by atoms with van der Waals surface area (Å²) < 4.78 is 10.0. The third kappa shape index (κ3) is 0.896. The monoisotopic (exact) mass is 169 g/mol. The van der Waals surface area contributed by atoms with Crippen molar-refractivity contribution >= 4 is 6.01 Å². The highest BCUT2D eigenvalue weighted by molar-refractivity contribution is 5.14. The van der Waals surface area contributed by atoms with Gasteiger partial charge in [0.2, 0.25) is 5.82 Å². The lowest BCUT2D eigenvalue weighted by molar-refractivity contribution is -0.0858. The summed E-state index contributed by atoms with van der Waals surface area (Å²) in [5.74, 6) is 0.578. The van der Waals surface area contributed by atoms with Crippen molar-refractivity contribution in [3.8, 4) is 0 Å². The maximum absolute atomic E-state index is 5.33. The fourth-order valence-electron chi connectivity index (χ4n) is 1.44. The SMILES string of the molecule is COC1(c2noc(N)n2)CCC1. The molecule has 0 radical (unpaired) electrons. The van der Waals surface area contributed by atoms with Crippen molar-refractivity contribution in [3.63, 3.8) is 0 Å². The zero-order chi connectivity index (χ0) is 8.60. The van der Waals surface area contributed by atoms with Crippen molar-refractivity contribution in [1.29, 1.82) is 0 Å². The number of aromatic nitrogens is 2. The topological polar surface area (TPSA) is 74.2 Å². The van der Waals surface area contributed by atoms with Crippen LogP contribution in [-0.2, 0) is 10.3 Å². The summed E-state index contributed by atoms with van der Waals surface area (Å²) in [5, 5.41) is 3.74. The molecule has 0 atom stereocenters. The van der Waals surface area contributed by atoms with Crippen molar-refractivity contribution in [2.24, 2.45) is 0 Å². The van der Waals surface area contributed by atoms with Gasteiger partial charge in [-0.05, 0) is 19.3 Å². The van der Waals surface area contributed by atoms with Crippen LogP contribution in [-0.4, -0.2) is 17.3 Å². The van der Waals surface area contributed by atoms with Crippen LogP contribution in [0.3, 0.4) is 0 Å². The molecule has 0 aliphatic heterocycles. The second kappa shape index (κ2) is 2.45. The Morgan fingerprint density at radius 1 is 1.58 bits per heavy atom. The van der Waals surface area contributed by atoms with E-state index in [0.29, 0.717) is 5.82 Å². The molecule has 1 aromatic heterocycles. The van der Waals surface area contributed by atoms with E-state index < -0.39 is 0 Å². The third-order valence-electron chi connectivity index (χ3n) is 2.40. The summed E-state index contributed by atoms with van der Waals surface area (Å²) in [5.41, 5.74) is 4.99. The molecule has 0 bridgehead atoms. The summed E-state index contributed by atoms with van der Waals surface area (Å²) in [4.78, 5) is 3.95. The normalized spacial score (nSPS) is 20.4.